The molecule has 3 aromatic carbocycles. The smallest absolute Gasteiger partial charge is 0.247 e. The van der Waals surface area contributed by atoms with E-state index in [0.717, 1.165) is 17.5 Å². The molecule has 0 saturated carbocycles. The maximum Gasteiger partial charge on any atom is 0.247 e. The summed E-state index contributed by atoms with van der Waals surface area (Å²) in [6, 6.07) is 20.9. The van der Waals surface area contributed by atoms with Crippen LogP contribution in [0.4, 0.5) is 15.8 Å². The number of nitrogens with zero attached hydrogens (tertiary/aromatic N) is 6. The Balaban J connectivity index is 0.980. The number of H-pyrrole nitrogens is 1. The van der Waals surface area contributed by atoms with Gasteiger partial charge in [-0.15, -0.1) is 0 Å². The lowest BCUT2D eigenvalue weighted by atomic mass is 10.1. The molecular formula is C35H35FN8O4S. The number of nitrogens with one attached hydrogen (secondary N) is 2. The average molecular weight is 683 g/mol. The monoisotopic (exact) mass is 682 g/mol. The highest BCUT2D eigenvalue weighted by atomic mass is 32.2. The van der Waals surface area contributed by atoms with Crippen LogP contribution in [0.5, 0.6) is 0 Å². The zero-order valence-corrected chi connectivity index (χ0v) is 27.7. The van der Waals surface area contributed by atoms with Gasteiger partial charge in [-0.3, -0.25) is 19.6 Å². The number of rotatable bonds is 8. The molecule has 2 N–H and O–H groups in total. The van der Waals surface area contributed by atoms with E-state index in [4.69, 9.17) is 0 Å². The van der Waals surface area contributed by atoms with Crippen LogP contribution in [0.1, 0.15) is 6.42 Å². The summed E-state index contributed by atoms with van der Waals surface area (Å²) in [5.41, 5.74) is 4.35. The highest BCUT2D eigenvalue weighted by Crippen LogP contribution is 2.33. The largest absolute Gasteiger partial charge is 0.368 e. The summed E-state index contributed by atoms with van der Waals surface area (Å²) in [6.07, 6.45) is 4.56. The standard InChI is InChI=1S/C35H35FN8O4S/c1-49(47,48)35(34(46)39-27-9-12-30-29(21-27)32(41-40-30)24-3-7-26(36)8-4-24)13-16-42(23-35)22-31(45)44-19-17-43(18-20-44)28-10-5-25(6-11-28)33-37-14-2-15-38-33/h2-12,14-15,21H,13,16-20,22-23H2,1H3,(H,39,46)(H,40,41)/t35-/m0/s1. The van der Waals surface area contributed by atoms with E-state index in [9.17, 15) is 22.4 Å². The number of piperazine rings is 1. The van der Waals surface area contributed by atoms with Crippen LogP contribution in [0.15, 0.2) is 85.2 Å². The van der Waals surface area contributed by atoms with Crippen molar-refractivity contribution in [2.24, 2.45) is 0 Å². The van der Waals surface area contributed by atoms with E-state index in [1.54, 1.807) is 58.6 Å². The van der Waals surface area contributed by atoms with Gasteiger partial charge >= 0.3 is 0 Å². The highest BCUT2D eigenvalue weighted by Gasteiger charge is 2.53. The first-order chi connectivity index (χ1) is 23.6. The second-order valence-corrected chi connectivity index (χ2v) is 14.8. The number of aromatic nitrogens is 4. The molecule has 1 atom stereocenters. The van der Waals surface area contributed by atoms with Gasteiger partial charge in [0, 0.05) is 85.8 Å². The third kappa shape index (κ3) is 6.48. The summed E-state index contributed by atoms with van der Waals surface area (Å²) >= 11 is 0. The number of carbonyl (C=O) groups is 2. The molecule has 2 fully saturated rings. The van der Waals surface area contributed by atoms with Gasteiger partial charge in [-0.2, -0.15) is 5.10 Å². The van der Waals surface area contributed by atoms with Gasteiger partial charge in [0.15, 0.2) is 20.4 Å². The third-order valence-corrected chi connectivity index (χ3v) is 11.4. The summed E-state index contributed by atoms with van der Waals surface area (Å²) in [5.74, 6) is -0.444. The number of sulfone groups is 1. The number of aromatic amines is 1. The van der Waals surface area contributed by atoms with E-state index in [1.165, 1.54) is 12.1 Å². The number of anilines is 2. The predicted molar refractivity (Wildman–Crippen MR) is 185 cm³/mol. The fourth-order valence-corrected chi connectivity index (χ4v) is 7.86. The number of hydrogen-bond donors (Lipinski definition) is 2. The van der Waals surface area contributed by atoms with E-state index < -0.39 is 20.5 Å². The Morgan fingerprint density at radius 2 is 1.61 bits per heavy atom. The normalized spacial score (nSPS) is 18.6. The Labute approximate surface area is 282 Å². The maximum atomic E-state index is 13.8. The van der Waals surface area contributed by atoms with Crippen LogP contribution in [0.2, 0.25) is 0 Å². The van der Waals surface area contributed by atoms with Crippen LogP contribution < -0.4 is 10.2 Å². The summed E-state index contributed by atoms with van der Waals surface area (Å²) in [4.78, 5) is 41.5. The van der Waals surface area contributed by atoms with Crippen LogP contribution in [0.25, 0.3) is 33.5 Å². The van der Waals surface area contributed by atoms with Gasteiger partial charge in [0.2, 0.25) is 11.8 Å². The number of hydrogen-bond acceptors (Lipinski definition) is 9. The highest BCUT2D eigenvalue weighted by molar-refractivity contribution is 7.93. The van der Waals surface area contributed by atoms with Crippen molar-refractivity contribution in [2.45, 2.75) is 11.2 Å². The molecule has 0 aliphatic carbocycles. The number of halogens is 1. The first-order valence-corrected chi connectivity index (χ1v) is 17.9. The van der Waals surface area contributed by atoms with Crippen molar-refractivity contribution >= 4 is 43.9 Å². The predicted octanol–water partition coefficient (Wildman–Crippen LogP) is 3.60. The van der Waals surface area contributed by atoms with Crippen LogP contribution in [0.3, 0.4) is 0 Å². The van der Waals surface area contributed by atoms with Gasteiger partial charge in [0.25, 0.3) is 0 Å². The molecular weight excluding hydrogens is 648 g/mol. The molecule has 2 aliphatic heterocycles. The van der Waals surface area contributed by atoms with Crippen molar-refractivity contribution in [2.75, 3.05) is 62.3 Å². The minimum absolute atomic E-state index is 0.0261. The lowest BCUT2D eigenvalue weighted by molar-refractivity contribution is -0.132. The molecule has 0 spiro atoms. The molecule has 4 heterocycles. The maximum absolute atomic E-state index is 13.8. The van der Waals surface area contributed by atoms with Gasteiger partial charge in [-0.25, -0.2) is 22.8 Å². The molecule has 2 aliphatic rings. The minimum Gasteiger partial charge on any atom is -0.368 e. The molecule has 5 aromatic rings. The Kier molecular flexibility index (Phi) is 8.59. The summed E-state index contributed by atoms with van der Waals surface area (Å²) in [7, 11) is -3.87. The SMILES string of the molecule is CS(=O)(=O)[C@@]1(C(=O)Nc2ccc3[nH]nc(-c4ccc(F)cc4)c3c2)CCN(CC(=O)N2CCN(c3ccc(-c4ncccn4)cc3)CC2)C1. The fraction of sp³-hybridized carbons (Fsp3) is 0.286. The molecule has 0 bridgehead atoms. The minimum atomic E-state index is -3.87. The first kappa shape index (κ1) is 32.3. The van der Waals surface area contributed by atoms with Gasteiger partial charge in [0.1, 0.15) is 5.82 Å². The molecule has 0 unspecified atom stereocenters. The topological polar surface area (TPSA) is 144 Å². The Morgan fingerprint density at radius 1 is 0.918 bits per heavy atom. The molecule has 2 amide bonds. The molecule has 49 heavy (non-hydrogen) atoms. The van der Waals surface area contributed by atoms with Crippen LogP contribution in [-0.2, 0) is 19.4 Å². The van der Waals surface area contributed by atoms with Gasteiger partial charge < -0.3 is 15.1 Å². The molecule has 14 heteroatoms. The molecule has 2 saturated heterocycles. The Bertz CT molecular complexity index is 2100. The Morgan fingerprint density at radius 3 is 2.31 bits per heavy atom. The molecule has 7 rings (SSSR count). The zero-order chi connectivity index (χ0) is 34.2. The van der Waals surface area contributed by atoms with Crippen LogP contribution in [-0.4, -0.2) is 107 Å². The third-order valence-electron chi connectivity index (χ3n) is 9.42. The summed E-state index contributed by atoms with van der Waals surface area (Å²) < 4.78 is 38.2. The number of likely N-dealkylation sites (tertiary alicyclic amines) is 1. The number of amides is 2. The van der Waals surface area contributed by atoms with Gasteiger partial charge in [-0.05, 0) is 79.2 Å². The molecule has 2 aromatic heterocycles. The molecule has 252 valence electrons. The molecule has 0 radical (unpaired) electrons. The molecule has 12 nitrogen and oxygen atoms in total. The van der Waals surface area contributed by atoms with Crippen molar-refractivity contribution in [1.29, 1.82) is 0 Å². The number of carbonyl (C=O) groups excluding carboxylic acids is 2. The summed E-state index contributed by atoms with van der Waals surface area (Å²) in [5, 5.41) is 10.8. The van der Waals surface area contributed by atoms with Gasteiger partial charge in [0.05, 0.1) is 17.8 Å². The number of benzene rings is 3. The lowest BCUT2D eigenvalue weighted by Crippen LogP contribution is -2.53. The van der Waals surface area contributed by atoms with Crippen molar-refractivity contribution < 1.29 is 22.4 Å². The van der Waals surface area contributed by atoms with E-state index in [2.05, 4.69) is 30.4 Å². The van der Waals surface area contributed by atoms with Gasteiger partial charge in [-0.1, -0.05) is 0 Å². The van der Waals surface area contributed by atoms with Crippen molar-refractivity contribution in [3.63, 3.8) is 0 Å². The summed E-state index contributed by atoms with van der Waals surface area (Å²) in [6.45, 7) is 2.61. The Hall–Kier alpha value is -5.21. The van der Waals surface area contributed by atoms with Crippen LogP contribution >= 0.6 is 0 Å². The van der Waals surface area contributed by atoms with E-state index >= 15 is 0 Å². The zero-order valence-electron chi connectivity index (χ0n) is 26.8. The van der Waals surface area contributed by atoms with E-state index in [-0.39, 0.29) is 31.2 Å². The van der Waals surface area contributed by atoms with Crippen molar-refractivity contribution in [3.05, 3.63) is 91.0 Å². The van der Waals surface area contributed by atoms with Crippen LogP contribution in [0, 0.1) is 5.82 Å². The van der Waals surface area contributed by atoms with Crippen molar-refractivity contribution in [3.8, 4) is 22.6 Å². The average Bonchev–Trinajstić information content (AvgIpc) is 3.74. The lowest BCUT2D eigenvalue weighted by Gasteiger charge is -2.37. The number of fused-ring (bicyclic) bond motifs is 1. The second kappa shape index (κ2) is 13.0. The quantitative estimate of drug-likeness (QED) is 0.251. The van der Waals surface area contributed by atoms with E-state index in [0.29, 0.717) is 66.4 Å². The fourth-order valence-electron chi connectivity index (χ4n) is 6.59. The second-order valence-electron chi connectivity index (χ2n) is 12.5. The first-order valence-electron chi connectivity index (χ1n) is 16.0. The van der Waals surface area contributed by atoms with Crippen molar-refractivity contribution in [1.82, 2.24) is 30.0 Å². The van der Waals surface area contributed by atoms with E-state index in [1.807, 2.05) is 24.3 Å².